The first-order chi connectivity index (χ1) is 9.60. The second-order valence-corrected chi connectivity index (χ2v) is 5.00. The van der Waals surface area contributed by atoms with Crippen molar-refractivity contribution in [2.75, 3.05) is 10.6 Å². The third-order valence-corrected chi connectivity index (χ3v) is 3.74. The first kappa shape index (κ1) is 14.1. The minimum absolute atomic E-state index is 0.355. The highest BCUT2D eigenvalue weighted by atomic mass is 79.9. The van der Waals surface area contributed by atoms with E-state index in [1.165, 1.54) is 0 Å². The van der Waals surface area contributed by atoms with Crippen molar-refractivity contribution in [2.45, 2.75) is 6.92 Å². The highest BCUT2D eigenvalue weighted by molar-refractivity contribution is 9.10. The molecular weight excluding hydrogens is 318 g/mol. The van der Waals surface area contributed by atoms with Gasteiger partial charge in [-0.25, -0.2) is 4.79 Å². The van der Waals surface area contributed by atoms with Crippen LogP contribution in [0, 0.1) is 18.3 Å². The van der Waals surface area contributed by atoms with Crippen LogP contribution < -0.4 is 10.6 Å². The molecule has 0 saturated heterocycles. The van der Waals surface area contributed by atoms with Crippen molar-refractivity contribution < 1.29 is 4.79 Å². The van der Waals surface area contributed by atoms with Gasteiger partial charge in [-0.05, 0) is 52.7 Å². The van der Waals surface area contributed by atoms with Crippen molar-refractivity contribution in [1.29, 1.82) is 5.26 Å². The number of hydrogen-bond acceptors (Lipinski definition) is 2. The van der Waals surface area contributed by atoms with Gasteiger partial charge in [0.2, 0.25) is 0 Å². The van der Waals surface area contributed by atoms with Crippen LogP contribution in [0.3, 0.4) is 0 Å². The van der Waals surface area contributed by atoms with Gasteiger partial charge in [0.05, 0.1) is 17.3 Å². The number of nitriles is 1. The molecule has 0 bridgehead atoms. The van der Waals surface area contributed by atoms with Crippen molar-refractivity contribution in [2.24, 2.45) is 0 Å². The Balaban J connectivity index is 2.09. The Morgan fingerprint density at radius 1 is 1.20 bits per heavy atom. The average molecular weight is 330 g/mol. The molecule has 0 radical (unpaired) electrons. The third-order valence-electron chi connectivity index (χ3n) is 2.69. The van der Waals surface area contributed by atoms with Crippen molar-refractivity contribution >= 4 is 33.3 Å². The second kappa shape index (κ2) is 6.22. The summed E-state index contributed by atoms with van der Waals surface area (Å²) in [5.74, 6) is 0. The molecule has 0 atom stereocenters. The lowest BCUT2D eigenvalue weighted by Crippen LogP contribution is -2.19. The first-order valence-corrected chi connectivity index (χ1v) is 6.73. The lowest BCUT2D eigenvalue weighted by Gasteiger charge is -2.10. The highest BCUT2D eigenvalue weighted by Gasteiger charge is 2.07. The Morgan fingerprint density at radius 3 is 2.70 bits per heavy atom. The summed E-state index contributed by atoms with van der Waals surface area (Å²) < 4.78 is 0.848. The van der Waals surface area contributed by atoms with Crippen LogP contribution in [0.25, 0.3) is 0 Å². The van der Waals surface area contributed by atoms with Gasteiger partial charge in [0, 0.05) is 10.2 Å². The van der Waals surface area contributed by atoms with Gasteiger partial charge in [0.1, 0.15) is 0 Å². The molecule has 0 fully saturated rings. The minimum Gasteiger partial charge on any atom is -0.308 e. The van der Waals surface area contributed by atoms with Crippen LogP contribution in [-0.4, -0.2) is 6.03 Å². The van der Waals surface area contributed by atoms with Gasteiger partial charge in [-0.1, -0.05) is 18.2 Å². The Hall–Kier alpha value is -2.32. The van der Waals surface area contributed by atoms with Crippen LogP contribution in [0.15, 0.2) is 46.9 Å². The van der Waals surface area contributed by atoms with E-state index in [0.717, 1.165) is 10.0 Å². The number of benzene rings is 2. The molecule has 0 saturated carbocycles. The molecule has 0 aliphatic heterocycles. The zero-order valence-electron chi connectivity index (χ0n) is 10.8. The van der Waals surface area contributed by atoms with Crippen LogP contribution in [-0.2, 0) is 0 Å². The van der Waals surface area contributed by atoms with Crippen LogP contribution in [0.2, 0.25) is 0 Å². The van der Waals surface area contributed by atoms with E-state index in [1.807, 2.05) is 31.2 Å². The molecule has 100 valence electrons. The monoisotopic (exact) mass is 329 g/mol. The van der Waals surface area contributed by atoms with E-state index >= 15 is 0 Å². The Morgan fingerprint density at radius 2 is 1.95 bits per heavy atom. The summed E-state index contributed by atoms with van der Waals surface area (Å²) in [4.78, 5) is 11.9. The van der Waals surface area contributed by atoms with E-state index in [9.17, 15) is 4.79 Å². The summed E-state index contributed by atoms with van der Waals surface area (Å²) in [6.45, 7) is 1.95. The van der Waals surface area contributed by atoms with Gasteiger partial charge in [-0.2, -0.15) is 5.26 Å². The van der Waals surface area contributed by atoms with Crippen molar-refractivity contribution in [1.82, 2.24) is 0 Å². The van der Waals surface area contributed by atoms with Gasteiger partial charge >= 0.3 is 6.03 Å². The van der Waals surface area contributed by atoms with E-state index in [-0.39, 0.29) is 6.03 Å². The van der Waals surface area contributed by atoms with Crippen LogP contribution >= 0.6 is 15.9 Å². The first-order valence-electron chi connectivity index (χ1n) is 5.93. The summed E-state index contributed by atoms with van der Waals surface area (Å²) in [5, 5.41) is 14.3. The molecule has 2 amide bonds. The van der Waals surface area contributed by atoms with Gasteiger partial charge in [0.25, 0.3) is 0 Å². The molecule has 2 aromatic carbocycles. The van der Waals surface area contributed by atoms with Gasteiger partial charge in [0.15, 0.2) is 0 Å². The van der Waals surface area contributed by atoms with Crippen molar-refractivity contribution in [3.05, 3.63) is 58.1 Å². The molecule has 0 unspecified atom stereocenters. The molecule has 2 N–H and O–H groups in total. The Bertz CT molecular complexity index is 692. The fourth-order valence-corrected chi connectivity index (χ4v) is 2.06. The highest BCUT2D eigenvalue weighted by Crippen LogP contribution is 2.25. The van der Waals surface area contributed by atoms with E-state index in [2.05, 4.69) is 26.6 Å². The van der Waals surface area contributed by atoms with E-state index in [0.29, 0.717) is 16.9 Å². The number of aryl methyl sites for hydroxylation is 1. The normalized spacial score (nSPS) is 9.65. The maximum atomic E-state index is 11.9. The van der Waals surface area contributed by atoms with Crippen molar-refractivity contribution in [3.63, 3.8) is 0 Å². The molecule has 2 aromatic rings. The number of nitrogens with zero attached hydrogens (tertiary/aromatic N) is 1. The number of halogens is 1. The fourth-order valence-electron chi connectivity index (χ4n) is 1.70. The fraction of sp³-hybridized carbons (Fsp3) is 0.0667. The molecular formula is C15H12BrN3O. The molecule has 5 heteroatoms. The number of hydrogen-bond donors (Lipinski definition) is 2. The van der Waals surface area contributed by atoms with E-state index in [1.54, 1.807) is 24.3 Å². The van der Waals surface area contributed by atoms with E-state index < -0.39 is 0 Å². The number of anilines is 2. The molecule has 0 aliphatic rings. The predicted octanol–water partition coefficient (Wildman–Crippen LogP) is 4.27. The average Bonchev–Trinajstić information content (AvgIpc) is 2.44. The number of carbonyl (C=O) groups is 1. The molecule has 20 heavy (non-hydrogen) atoms. The summed E-state index contributed by atoms with van der Waals surface area (Å²) in [7, 11) is 0. The zero-order chi connectivity index (χ0) is 14.5. The molecule has 0 spiro atoms. The summed E-state index contributed by atoms with van der Waals surface area (Å²) in [5.41, 5.74) is 2.80. The topological polar surface area (TPSA) is 64.9 Å². The zero-order valence-corrected chi connectivity index (χ0v) is 12.4. The lowest BCUT2D eigenvalue weighted by atomic mass is 10.2. The lowest BCUT2D eigenvalue weighted by molar-refractivity contribution is 0.262. The van der Waals surface area contributed by atoms with Gasteiger partial charge in [-0.3, -0.25) is 0 Å². The summed E-state index contributed by atoms with van der Waals surface area (Å²) in [6, 6.07) is 14.0. The predicted molar refractivity (Wildman–Crippen MR) is 82.7 cm³/mol. The maximum Gasteiger partial charge on any atom is 0.323 e. The Kier molecular flexibility index (Phi) is 4.38. The number of rotatable bonds is 2. The van der Waals surface area contributed by atoms with Crippen LogP contribution in [0.5, 0.6) is 0 Å². The van der Waals surface area contributed by atoms with E-state index in [4.69, 9.17) is 5.26 Å². The molecule has 0 heterocycles. The maximum absolute atomic E-state index is 11.9. The quantitative estimate of drug-likeness (QED) is 0.863. The van der Waals surface area contributed by atoms with Gasteiger partial charge in [-0.15, -0.1) is 0 Å². The van der Waals surface area contributed by atoms with Crippen molar-refractivity contribution in [3.8, 4) is 6.07 Å². The Labute approximate surface area is 125 Å². The number of nitrogens with one attached hydrogen (secondary N) is 2. The molecule has 0 aromatic heterocycles. The summed E-state index contributed by atoms with van der Waals surface area (Å²) in [6.07, 6.45) is 0. The number of carbonyl (C=O) groups excluding carboxylic acids is 1. The van der Waals surface area contributed by atoms with Gasteiger partial charge < -0.3 is 10.6 Å². The largest absolute Gasteiger partial charge is 0.323 e. The third kappa shape index (κ3) is 3.37. The second-order valence-electron chi connectivity index (χ2n) is 4.21. The summed E-state index contributed by atoms with van der Waals surface area (Å²) >= 11 is 3.43. The number of urea groups is 1. The standard InChI is InChI=1S/C15H12BrN3O/c1-10-4-2-7-13(14(10)16)19-15(20)18-12-6-3-5-11(8-12)9-17/h2-8H,1H3,(H2,18,19,20). The van der Waals surface area contributed by atoms with Crippen LogP contribution in [0.1, 0.15) is 11.1 Å². The SMILES string of the molecule is Cc1cccc(NC(=O)Nc2cccc(C#N)c2)c1Br. The van der Waals surface area contributed by atoms with Crippen LogP contribution in [0.4, 0.5) is 16.2 Å². The molecule has 4 nitrogen and oxygen atoms in total. The molecule has 0 aliphatic carbocycles. The number of amides is 2. The minimum atomic E-state index is -0.355. The smallest absolute Gasteiger partial charge is 0.308 e. The molecule has 2 rings (SSSR count).